The van der Waals surface area contributed by atoms with Crippen LogP contribution in [0.25, 0.3) is 0 Å². The predicted octanol–water partition coefficient (Wildman–Crippen LogP) is 2.71. The third-order valence-corrected chi connectivity index (χ3v) is 8.56. The summed E-state index contributed by atoms with van der Waals surface area (Å²) in [5.74, 6) is -0.428. The maximum absolute atomic E-state index is 11.3. The molecule has 126 valence electrons. The molecule has 0 spiro atoms. The monoisotopic (exact) mass is 328 g/mol. The summed E-state index contributed by atoms with van der Waals surface area (Å²) in [4.78, 5) is 15.2. The Kier molecular flexibility index (Phi) is 6.77. The number of rotatable bonds is 8. The van der Waals surface area contributed by atoms with Crippen molar-refractivity contribution in [1.82, 2.24) is 9.55 Å². The summed E-state index contributed by atoms with van der Waals surface area (Å²) >= 11 is 0. The first kappa shape index (κ1) is 18.9. The van der Waals surface area contributed by atoms with Gasteiger partial charge in [-0.1, -0.05) is 20.8 Å². The highest BCUT2D eigenvalue weighted by atomic mass is 28.4. The SMILES string of the molecule is COC(=O)c1cn(CCOCCO[Si](C)(C)C(C)(C)C)cn1. The standard InChI is InChI=1S/C15H28N2O4Si/c1-15(2,3)22(5,6)21-10-9-20-8-7-17-11-13(16-12-17)14(18)19-4/h11-12H,7-10H2,1-6H3. The molecule has 0 amide bonds. The molecule has 0 bridgehead atoms. The van der Waals surface area contributed by atoms with Gasteiger partial charge in [0, 0.05) is 12.7 Å². The fourth-order valence-electron chi connectivity index (χ4n) is 1.54. The molecule has 0 aliphatic heterocycles. The van der Waals surface area contributed by atoms with E-state index in [0.29, 0.717) is 32.1 Å². The number of imidazole rings is 1. The number of carbonyl (C=O) groups is 1. The summed E-state index contributed by atoms with van der Waals surface area (Å²) in [5, 5.41) is 0.216. The molecule has 6 nitrogen and oxygen atoms in total. The van der Waals surface area contributed by atoms with E-state index in [1.807, 2.05) is 0 Å². The minimum Gasteiger partial charge on any atom is -0.464 e. The van der Waals surface area contributed by atoms with Crippen LogP contribution in [0.5, 0.6) is 0 Å². The summed E-state index contributed by atoms with van der Waals surface area (Å²) < 4.78 is 18.0. The van der Waals surface area contributed by atoms with Gasteiger partial charge in [0.15, 0.2) is 14.0 Å². The van der Waals surface area contributed by atoms with Crippen molar-refractivity contribution in [1.29, 1.82) is 0 Å². The van der Waals surface area contributed by atoms with Crippen LogP contribution in [-0.2, 0) is 20.4 Å². The van der Waals surface area contributed by atoms with Crippen molar-refractivity contribution in [3.05, 3.63) is 18.2 Å². The summed E-state index contributed by atoms with van der Waals surface area (Å²) in [6.07, 6.45) is 3.25. The average Bonchev–Trinajstić information content (AvgIpc) is 2.89. The van der Waals surface area contributed by atoms with E-state index in [9.17, 15) is 4.79 Å². The number of methoxy groups -OCH3 is 1. The Hall–Kier alpha value is -1.18. The van der Waals surface area contributed by atoms with Gasteiger partial charge in [0.05, 0.1) is 33.3 Å². The molecule has 0 saturated heterocycles. The number of hydrogen-bond acceptors (Lipinski definition) is 5. The Balaban J connectivity index is 2.21. The van der Waals surface area contributed by atoms with E-state index in [-0.39, 0.29) is 5.04 Å². The molecule has 0 fully saturated rings. The lowest BCUT2D eigenvalue weighted by Gasteiger charge is -2.36. The van der Waals surface area contributed by atoms with Crippen LogP contribution in [0, 0.1) is 0 Å². The van der Waals surface area contributed by atoms with E-state index in [4.69, 9.17) is 9.16 Å². The minimum absolute atomic E-state index is 0.216. The van der Waals surface area contributed by atoms with E-state index >= 15 is 0 Å². The van der Waals surface area contributed by atoms with E-state index < -0.39 is 14.3 Å². The van der Waals surface area contributed by atoms with Crippen LogP contribution in [0.1, 0.15) is 31.3 Å². The maximum atomic E-state index is 11.3. The lowest BCUT2D eigenvalue weighted by Crippen LogP contribution is -2.41. The molecule has 0 aromatic carbocycles. The zero-order valence-electron chi connectivity index (χ0n) is 14.5. The van der Waals surface area contributed by atoms with Gasteiger partial charge in [-0.2, -0.15) is 0 Å². The topological polar surface area (TPSA) is 62.6 Å². The summed E-state index contributed by atoms with van der Waals surface area (Å²) in [6.45, 7) is 13.5. The number of nitrogens with zero attached hydrogens (tertiary/aromatic N) is 2. The number of aromatic nitrogens is 2. The average molecular weight is 328 g/mol. The molecule has 0 N–H and O–H groups in total. The largest absolute Gasteiger partial charge is 0.464 e. The van der Waals surface area contributed by atoms with Crippen molar-refractivity contribution in [3.8, 4) is 0 Å². The zero-order chi connectivity index (χ0) is 16.8. The molecule has 1 heterocycles. The van der Waals surface area contributed by atoms with Gasteiger partial charge in [0.1, 0.15) is 0 Å². The van der Waals surface area contributed by atoms with Gasteiger partial charge in [-0.25, -0.2) is 9.78 Å². The maximum Gasteiger partial charge on any atom is 0.358 e. The molecule has 0 atom stereocenters. The lowest BCUT2D eigenvalue weighted by atomic mass is 10.2. The van der Waals surface area contributed by atoms with Gasteiger partial charge in [0.2, 0.25) is 0 Å². The fourth-order valence-corrected chi connectivity index (χ4v) is 2.56. The Bertz CT molecular complexity index is 480. The molecule has 1 aromatic rings. The second kappa shape index (κ2) is 7.89. The Labute approximate surface area is 133 Å². The summed E-state index contributed by atoms with van der Waals surface area (Å²) in [5.41, 5.74) is 0.309. The number of esters is 1. The molecule has 0 aliphatic carbocycles. The van der Waals surface area contributed by atoms with Crippen LogP contribution in [0.3, 0.4) is 0 Å². The van der Waals surface area contributed by atoms with E-state index in [0.717, 1.165) is 0 Å². The van der Waals surface area contributed by atoms with Gasteiger partial charge in [-0.05, 0) is 18.1 Å². The van der Waals surface area contributed by atoms with Crippen molar-refractivity contribution in [3.63, 3.8) is 0 Å². The molecular formula is C15H28N2O4Si. The lowest BCUT2D eigenvalue weighted by molar-refractivity contribution is 0.0594. The quantitative estimate of drug-likeness (QED) is 0.417. The summed E-state index contributed by atoms with van der Waals surface area (Å²) in [6, 6.07) is 0. The van der Waals surface area contributed by atoms with Gasteiger partial charge in [-0.3, -0.25) is 0 Å². The van der Waals surface area contributed by atoms with Crippen molar-refractivity contribution in [2.24, 2.45) is 0 Å². The van der Waals surface area contributed by atoms with E-state index in [1.165, 1.54) is 7.11 Å². The molecule has 0 radical (unpaired) electrons. The third-order valence-electron chi connectivity index (χ3n) is 4.02. The molecule has 1 rings (SSSR count). The first-order valence-corrected chi connectivity index (χ1v) is 10.4. The van der Waals surface area contributed by atoms with Crippen molar-refractivity contribution in [2.75, 3.05) is 26.9 Å². The highest BCUT2D eigenvalue weighted by Crippen LogP contribution is 2.36. The molecule has 1 aromatic heterocycles. The smallest absolute Gasteiger partial charge is 0.358 e. The van der Waals surface area contributed by atoms with Gasteiger partial charge < -0.3 is 18.5 Å². The normalized spacial score (nSPS) is 12.5. The molecule has 7 heteroatoms. The Morgan fingerprint density at radius 1 is 1.27 bits per heavy atom. The number of carbonyl (C=O) groups excluding carboxylic acids is 1. The first-order chi connectivity index (χ1) is 10.2. The zero-order valence-corrected chi connectivity index (χ0v) is 15.5. The van der Waals surface area contributed by atoms with Crippen LogP contribution in [0.4, 0.5) is 0 Å². The minimum atomic E-state index is -1.69. The van der Waals surface area contributed by atoms with Crippen LogP contribution in [0.2, 0.25) is 18.1 Å². The van der Waals surface area contributed by atoms with Crippen LogP contribution < -0.4 is 0 Å². The van der Waals surface area contributed by atoms with Crippen molar-refractivity contribution in [2.45, 2.75) is 45.4 Å². The van der Waals surface area contributed by atoms with Gasteiger partial charge in [-0.15, -0.1) is 0 Å². The number of hydrogen-bond donors (Lipinski definition) is 0. The van der Waals surface area contributed by atoms with Gasteiger partial charge >= 0.3 is 5.97 Å². The van der Waals surface area contributed by atoms with E-state index in [1.54, 1.807) is 17.1 Å². The predicted molar refractivity (Wildman–Crippen MR) is 87.5 cm³/mol. The highest BCUT2D eigenvalue weighted by molar-refractivity contribution is 6.74. The number of ether oxygens (including phenoxy) is 2. The van der Waals surface area contributed by atoms with Gasteiger partial charge in [0.25, 0.3) is 0 Å². The highest BCUT2D eigenvalue weighted by Gasteiger charge is 2.36. The first-order valence-electron chi connectivity index (χ1n) is 7.49. The molecular weight excluding hydrogens is 300 g/mol. The Morgan fingerprint density at radius 2 is 1.95 bits per heavy atom. The van der Waals surface area contributed by atoms with Crippen molar-refractivity contribution < 1.29 is 18.7 Å². The Morgan fingerprint density at radius 3 is 2.55 bits per heavy atom. The van der Waals surface area contributed by atoms with Crippen LogP contribution >= 0.6 is 0 Å². The molecule has 22 heavy (non-hydrogen) atoms. The second-order valence-electron chi connectivity index (χ2n) is 6.71. The van der Waals surface area contributed by atoms with E-state index in [2.05, 4.69) is 43.6 Å². The van der Waals surface area contributed by atoms with Crippen LogP contribution in [0.15, 0.2) is 12.5 Å². The van der Waals surface area contributed by atoms with Crippen molar-refractivity contribution >= 4 is 14.3 Å². The molecule has 0 unspecified atom stereocenters. The summed E-state index contributed by atoms with van der Waals surface area (Å²) in [7, 11) is -0.349. The molecule has 0 saturated carbocycles. The fraction of sp³-hybridized carbons (Fsp3) is 0.733. The molecule has 0 aliphatic rings. The third kappa shape index (κ3) is 5.55. The second-order valence-corrected chi connectivity index (χ2v) is 11.5. The van der Waals surface area contributed by atoms with Crippen LogP contribution in [-0.4, -0.2) is 50.8 Å².